The van der Waals surface area contributed by atoms with Crippen molar-refractivity contribution >= 4 is 11.6 Å². The number of likely N-dealkylation sites (N-methyl/N-ethyl adjacent to an activating group) is 1. The first-order chi connectivity index (χ1) is 10.1. The molecule has 112 valence electrons. The van der Waals surface area contributed by atoms with Crippen LogP contribution >= 0.6 is 11.6 Å². The molecule has 0 amide bonds. The van der Waals surface area contributed by atoms with Crippen LogP contribution in [0.4, 0.5) is 8.78 Å². The predicted octanol–water partition coefficient (Wildman–Crippen LogP) is 4.13. The maximum atomic E-state index is 13.8. The number of methoxy groups -OCH3 is 1. The summed E-state index contributed by atoms with van der Waals surface area (Å²) in [6.45, 7) is 0. The summed E-state index contributed by atoms with van der Waals surface area (Å²) in [6, 6.07) is 9.26. The van der Waals surface area contributed by atoms with Gasteiger partial charge in [-0.05, 0) is 42.8 Å². The van der Waals surface area contributed by atoms with Gasteiger partial charge in [0.15, 0.2) is 11.6 Å². The molecule has 0 aliphatic carbocycles. The minimum absolute atomic E-state index is 0.103. The average Bonchev–Trinajstić information content (AvgIpc) is 2.48. The molecule has 0 aliphatic rings. The molecule has 0 heterocycles. The van der Waals surface area contributed by atoms with Crippen molar-refractivity contribution < 1.29 is 13.5 Å². The minimum atomic E-state index is -0.454. The van der Waals surface area contributed by atoms with Crippen molar-refractivity contribution in [3.8, 4) is 5.75 Å². The van der Waals surface area contributed by atoms with Crippen LogP contribution in [0.3, 0.4) is 0 Å². The summed E-state index contributed by atoms with van der Waals surface area (Å²) in [4.78, 5) is 0. The van der Waals surface area contributed by atoms with Gasteiger partial charge in [0.05, 0.1) is 12.1 Å². The number of halogens is 3. The molecule has 2 aromatic rings. The predicted molar refractivity (Wildman–Crippen MR) is 79.9 cm³/mol. The minimum Gasteiger partial charge on any atom is -0.494 e. The first kappa shape index (κ1) is 15.7. The molecule has 2 aromatic carbocycles. The van der Waals surface area contributed by atoms with Crippen LogP contribution in [-0.2, 0) is 6.42 Å². The van der Waals surface area contributed by atoms with Crippen LogP contribution in [0.15, 0.2) is 36.4 Å². The smallest absolute Gasteiger partial charge is 0.165 e. The fraction of sp³-hybridized carbons (Fsp3) is 0.250. The van der Waals surface area contributed by atoms with Gasteiger partial charge < -0.3 is 10.1 Å². The van der Waals surface area contributed by atoms with Crippen molar-refractivity contribution in [2.75, 3.05) is 14.2 Å². The second-order valence-electron chi connectivity index (χ2n) is 4.65. The van der Waals surface area contributed by atoms with Crippen molar-refractivity contribution in [3.63, 3.8) is 0 Å². The Morgan fingerprint density at radius 2 is 1.95 bits per heavy atom. The Hall–Kier alpha value is -1.65. The number of hydrogen-bond donors (Lipinski definition) is 1. The third-order valence-corrected chi connectivity index (χ3v) is 3.81. The molecule has 0 bridgehead atoms. The van der Waals surface area contributed by atoms with Gasteiger partial charge in [0.2, 0.25) is 0 Å². The third-order valence-electron chi connectivity index (χ3n) is 3.38. The lowest BCUT2D eigenvalue weighted by Crippen LogP contribution is -2.19. The first-order valence-corrected chi connectivity index (χ1v) is 6.88. The summed E-state index contributed by atoms with van der Waals surface area (Å²) >= 11 is 5.96. The van der Waals surface area contributed by atoms with Crippen molar-refractivity contribution in [2.24, 2.45) is 0 Å². The van der Waals surface area contributed by atoms with Gasteiger partial charge in [0, 0.05) is 6.04 Å². The van der Waals surface area contributed by atoms with E-state index < -0.39 is 11.6 Å². The number of nitrogens with one attached hydrogen (secondary N) is 1. The second kappa shape index (κ2) is 6.87. The Morgan fingerprint density at radius 1 is 1.19 bits per heavy atom. The normalized spacial score (nSPS) is 12.2. The standard InChI is InChI=1S/C16H16ClF2NO/c1-20-14(9-11-4-3-5-12(18)16(11)17)10-6-7-15(21-2)13(19)8-10/h3-8,14,20H,9H2,1-2H3. The van der Waals surface area contributed by atoms with Crippen LogP contribution in [0.2, 0.25) is 5.02 Å². The summed E-state index contributed by atoms with van der Waals surface area (Å²) in [5.74, 6) is -0.692. The van der Waals surface area contributed by atoms with Crippen LogP contribution in [-0.4, -0.2) is 14.2 Å². The fourth-order valence-corrected chi connectivity index (χ4v) is 2.42. The van der Waals surface area contributed by atoms with Gasteiger partial charge >= 0.3 is 0 Å². The highest BCUT2D eigenvalue weighted by Crippen LogP contribution is 2.27. The van der Waals surface area contributed by atoms with Gasteiger partial charge in [-0.25, -0.2) is 8.78 Å². The second-order valence-corrected chi connectivity index (χ2v) is 5.03. The summed E-state index contributed by atoms with van der Waals surface area (Å²) < 4.78 is 32.2. The monoisotopic (exact) mass is 311 g/mol. The molecular weight excluding hydrogens is 296 g/mol. The zero-order valence-electron chi connectivity index (χ0n) is 11.8. The van der Waals surface area contributed by atoms with Gasteiger partial charge in [-0.2, -0.15) is 0 Å². The van der Waals surface area contributed by atoms with Crippen molar-refractivity contribution in [1.82, 2.24) is 5.32 Å². The highest BCUT2D eigenvalue weighted by molar-refractivity contribution is 6.31. The van der Waals surface area contributed by atoms with Gasteiger partial charge in [0.25, 0.3) is 0 Å². The van der Waals surface area contributed by atoms with Crippen LogP contribution in [0.5, 0.6) is 5.75 Å². The quantitative estimate of drug-likeness (QED) is 0.896. The van der Waals surface area contributed by atoms with Crippen LogP contribution in [0.25, 0.3) is 0 Å². The number of ether oxygens (including phenoxy) is 1. The summed E-state index contributed by atoms with van der Waals surface area (Å²) in [6.07, 6.45) is 0.457. The first-order valence-electron chi connectivity index (χ1n) is 6.50. The maximum absolute atomic E-state index is 13.8. The molecule has 0 saturated carbocycles. The molecule has 0 aliphatic heterocycles. The van der Waals surface area contributed by atoms with Crippen molar-refractivity contribution in [3.05, 3.63) is 64.2 Å². The van der Waals surface area contributed by atoms with E-state index >= 15 is 0 Å². The molecule has 0 fully saturated rings. The molecule has 1 unspecified atom stereocenters. The summed E-state index contributed by atoms with van der Waals surface area (Å²) in [7, 11) is 3.18. The van der Waals surface area contributed by atoms with E-state index in [2.05, 4.69) is 5.32 Å². The van der Waals surface area contributed by atoms with Crippen molar-refractivity contribution in [2.45, 2.75) is 12.5 Å². The molecule has 1 atom stereocenters. The maximum Gasteiger partial charge on any atom is 0.165 e. The number of rotatable bonds is 5. The highest BCUT2D eigenvalue weighted by atomic mass is 35.5. The molecule has 5 heteroatoms. The Balaban J connectivity index is 2.28. The van der Waals surface area contributed by atoms with E-state index in [1.54, 1.807) is 31.3 Å². The SMILES string of the molecule is CNC(Cc1cccc(F)c1Cl)c1ccc(OC)c(F)c1. The Morgan fingerprint density at radius 3 is 2.57 bits per heavy atom. The lowest BCUT2D eigenvalue weighted by Gasteiger charge is -2.18. The molecule has 21 heavy (non-hydrogen) atoms. The highest BCUT2D eigenvalue weighted by Gasteiger charge is 2.15. The zero-order valence-corrected chi connectivity index (χ0v) is 12.5. The van der Waals surface area contributed by atoms with Gasteiger partial charge in [-0.1, -0.05) is 29.8 Å². The third kappa shape index (κ3) is 3.52. The largest absolute Gasteiger partial charge is 0.494 e. The number of benzene rings is 2. The molecule has 0 radical (unpaired) electrons. The Labute approximate surface area is 127 Å². The van der Waals surface area contributed by atoms with E-state index in [9.17, 15) is 8.78 Å². The number of hydrogen-bond acceptors (Lipinski definition) is 2. The van der Waals surface area contributed by atoms with E-state index in [-0.39, 0.29) is 16.8 Å². The van der Waals surface area contributed by atoms with Gasteiger partial charge in [-0.15, -0.1) is 0 Å². The van der Waals surface area contributed by atoms with Crippen LogP contribution in [0, 0.1) is 11.6 Å². The lowest BCUT2D eigenvalue weighted by atomic mass is 9.98. The summed E-state index contributed by atoms with van der Waals surface area (Å²) in [5, 5.41) is 3.19. The van der Waals surface area contributed by atoms with Crippen molar-refractivity contribution in [1.29, 1.82) is 0 Å². The fourth-order valence-electron chi connectivity index (χ4n) is 2.21. The van der Waals surface area contributed by atoms with E-state index in [1.807, 2.05) is 0 Å². The Kier molecular flexibility index (Phi) is 5.15. The Bertz CT molecular complexity index is 634. The van der Waals surface area contributed by atoms with Gasteiger partial charge in [0.1, 0.15) is 5.82 Å². The van der Waals surface area contributed by atoms with E-state index in [4.69, 9.17) is 16.3 Å². The zero-order chi connectivity index (χ0) is 15.4. The molecule has 0 spiro atoms. The average molecular weight is 312 g/mol. The van der Waals surface area contributed by atoms with Gasteiger partial charge in [-0.3, -0.25) is 0 Å². The van der Waals surface area contributed by atoms with E-state index in [1.165, 1.54) is 19.2 Å². The molecule has 2 nitrogen and oxygen atoms in total. The van der Waals surface area contributed by atoms with Crippen LogP contribution in [0.1, 0.15) is 17.2 Å². The molecule has 0 saturated heterocycles. The lowest BCUT2D eigenvalue weighted by molar-refractivity contribution is 0.385. The molecule has 0 aromatic heterocycles. The molecular formula is C16H16ClF2NO. The molecule has 2 rings (SSSR count). The van der Waals surface area contributed by atoms with E-state index in [0.717, 1.165) is 5.56 Å². The van der Waals surface area contributed by atoms with Crippen LogP contribution < -0.4 is 10.1 Å². The van der Waals surface area contributed by atoms with E-state index in [0.29, 0.717) is 12.0 Å². The topological polar surface area (TPSA) is 21.3 Å². The molecule has 1 N–H and O–H groups in total. The summed E-state index contributed by atoms with van der Waals surface area (Å²) in [5.41, 5.74) is 1.42.